The summed E-state index contributed by atoms with van der Waals surface area (Å²) in [5.74, 6) is -0.784. The van der Waals surface area contributed by atoms with Gasteiger partial charge in [-0.15, -0.1) is 0 Å². The molecular formula is C21H27N3O7. The molecule has 1 fully saturated rings. The van der Waals surface area contributed by atoms with E-state index in [2.05, 4.69) is 10.2 Å². The molecule has 2 heterocycles. The molecular weight excluding hydrogens is 406 g/mol. The van der Waals surface area contributed by atoms with E-state index in [1.165, 1.54) is 12.0 Å². The lowest BCUT2D eigenvalue weighted by atomic mass is 9.72. The smallest absolute Gasteiger partial charge is 0.314 e. The maximum absolute atomic E-state index is 13.0. The summed E-state index contributed by atoms with van der Waals surface area (Å²) in [4.78, 5) is 35.2. The van der Waals surface area contributed by atoms with Crippen molar-refractivity contribution >= 4 is 18.3 Å². The van der Waals surface area contributed by atoms with E-state index in [9.17, 15) is 19.8 Å². The van der Waals surface area contributed by atoms with Crippen molar-refractivity contribution in [2.75, 3.05) is 20.2 Å². The van der Waals surface area contributed by atoms with Crippen molar-refractivity contribution in [1.82, 2.24) is 15.1 Å². The van der Waals surface area contributed by atoms with Gasteiger partial charge in [-0.1, -0.05) is 12.1 Å². The number of likely N-dealkylation sites (tertiary alicyclic amines) is 1. The second-order valence-electron chi connectivity index (χ2n) is 7.44. The highest BCUT2D eigenvalue weighted by molar-refractivity contribution is 5.96. The number of aliphatic hydroxyl groups is 1. The van der Waals surface area contributed by atoms with E-state index in [4.69, 9.17) is 14.6 Å². The van der Waals surface area contributed by atoms with Gasteiger partial charge < -0.3 is 25.0 Å². The van der Waals surface area contributed by atoms with Gasteiger partial charge in [0.25, 0.3) is 12.4 Å². The molecule has 0 spiro atoms. The molecule has 0 radical (unpaired) electrons. The van der Waals surface area contributed by atoms with E-state index < -0.39 is 17.5 Å². The standard InChI is InChI=1S/C20H25N3O5.CH2O2/c1-12-17(13(2)22-21-12)18(25)23-8-7-16(24)20(11-23,19(26)27)10-14-5-4-6-15(9-14)28-3;2-1-3/h4-6,9,16,24H,7-8,10-11H2,1-3H3,(H,21,22)(H,26,27);1H,(H,2,3)/t16-,20+;/m0./s1. The number of ether oxygens (including phenoxy) is 1. The summed E-state index contributed by atoms with van der Waals surface area (Å²) in [7, 11) is 1.54. The zero-order chi connectivity index (χ0) is 23.2. The Morgan fingerprint density at radius 1 is 1.39 bits per heavy atom. The first kappa shape index (κ1) is 23.9. The number of nitrogens with one attached hydrogen (secondary N) is 1. The lowest BCUT2D eigenvalue weighted by Crippen LogP contribution is -2.58. The first-order valence-electron chi connectivity index (χ1n) is 9.63. The zero-order valence-electron chi connectivity index (χ0n) is 17.7. The molecule has 10 heteroatoms. The van der Waals surface area contributed by atoms with Crippen LogP contribution in [0.3, 0.4) is 0 Å². The monoisotopic (exact) mass is 433 g/mol. The number of nitrogens with zero attached hydrogens (tertiary/aromatic N) is 2. The minimum absolute atomic E-state index is 0.0798. The molecule has 0 bridgehead atoms. The number of H-pyrrole nitrogens is 1. The van der Waals surface area contributed by atoms with Crippen molar-refractivity contribution in [1.29, 1.82) is 0 Å². The van der Waals surface area contributed by atoms with Gasteiger partial charge in [-0.2, -0.15) is 5.10 Å². The summed E-state index contributed by atoms with van der Waals surface area (Å²) in [5, 5.41) is 34.4. The number of carbonyl (C=O) groups is 3. The van der Waals surface area contributed by atoms with Crippen LogP contribution in [-0.2, 0) is 16.0 Å². The highest BCUT2D eigenvalue weighted by atomic mass is 16.5. The number of piperidine rings is 1. The first-order valence-corrected chi connectivity index (χ1v) is 9.63. The molecule has 1 aromatic heterocycles. The van der Waals surface area contributed by atoms with Gasteiger partial charge >= 0.3 is 5.97 Å². The number of hydrogen-bond donors (Lipinski definition) is 4. The van der Waals surface area contributed by atoms with Gasteiger partial charge in [0.15, 0.2) is 0 Å². The molecule has 3 rings (SSSR count). The average Bonchev–Trinajstić information content (AvgIpc) is 3.07. The fourth-order valence-corrected chi connectivity index (χ4v) is 3.88. The largest absolute Gasteiger partial charge is 0.497 e. The predicted molar refractivity (Wildman–Crippen MR) is 110 cm³/mol. The molecule has 1 aliphatic rings. The Hall–Kier alpha value is -3.40. The average molecular weight is 433 g/mol. The predicted octanol–water partition coefficient (Wildman–Crippen LogP) is 1.26. The number of carboxylic acids is 1. The Kier molecular flexibility index (Phi) is 7.76. The van der Waals surface area contributed by atoms with Gasteiger partial charge in [0.2, 0.25) is 0 Å². The summed E-state index contributed by atoms with van der Waals surface area (Å²) in [5.41, 5.74) is 0.902. The quantitative estimate of drug-likeness (QED) is 0.514. The molecule has 0 saturated carbocycles. The second-order valence-corrected chi connectivity index (χ2v) is 7.44. The molecule has 31 heavy (non-hydrogen) atoms. The minimum atomic E-state index is -1.49. The fraction of sp³-hybridized carbons (Fsp3) is 0.429. The molecule has 2 atom stereocenters. The van der Waals surface area contributed by atoms with Crippen LogP contribution in [0.2, 0.25) is 0 Å². The summed E-state index contributed by atoms with van der Waals surface area (Å²) < 4.78 is 5.21. The third-order valence-corrected chi connectivity index (χ3v) is 5.49. The normalized spacial score (nSPS) is 20.4. The molecule has 1 aromatic carbocycles. The highest BCUT2D eigenvalue weighted by Gasteiger charge is 2.50. The van der Waals surface area contributed by atoms with E-state index in [1.807, 2.05) is 0 Å². The van der Waals surface area contributed by atoms with Crippen LogP contribution in [0.25, 0.3) is 0 Å². The van der Waals surface area contributed by atoms with Crippen LogP contribution in [0.15, 0.2) is 24.3 Å². The zero-order valence-corrected chi connectivity index (χ0v) is 17.7. The van der Waals surface area contributed by atoms with Crippen molar-refractivity contribution < 1.29 is 34.4 Å². The van der Waals surface area contributed by atoms with E-state index in [0.29, 0.717) is 22.7 Å². The highest BCUT2D eigenvalue weighted by Crippen LogP contribution is 2.36. The maximum Gasteiger partial charge on any atom is 0.314 e. The number of aliphatic hydroxyl groups excluding tert-OH is 1. The number of aromatic amines is 1. The van der Waals surface area contributed by atoms with Crippen molar-refractivity contribution in [3.8, 4) is 5.75 Å². The van der Waals surface area contributed by atoms with Gasteiger partial charge in [-0.05, 0) is 44.4 Å². The number of aryl methyl sites for hydroxylation is 2. The van der Waals surface area contributed by atoms with Gasteiger partial charge in [0.1, 0.15) is 11.2 Å². The summed E-state index contributed by atoms with van der Waals surface area (Å²) in [6.45, 7) is 3.45. The number of carbonyl (C=O) groups excluding carboxylic acids is 1. The van der Waals surface area contributed by atoms with Crippen LogP contribution >= 0.6 is 0 Å². The van der Waals surface area contributed by atoms with Crippen LogP contribution in [0, 0.1) is 19.3 Å². The molecule has 0 unspecified atom stereocenters. The van der Waals surface area contributed by atoms with E-state index >= 15 is 0 Å². The maximum atomic E-state index is 13.0. The molecule has 1 saturated heterocycles. The van der Waals surface area contributed by atoms with Gasteiger partial charge in [-0.3, -0.25) is 19.5 Å². The van der Waals surface area contributed by atoms with Crippen LogP contribution in [0.4, 0.5) is 0 Å². The number of aliphatic carboxylic acids is 1. The Balaban J connectivity index is 0.00000107. The van der Waals surface area contributed by atoms with E-state index in [-0.39, 0.29) is 38.3 Å². The van der Waals surface area contributed by atoms with Crippen molar-refractivity contribution in [2.24, 2.45) is 5.41 Å². The third-order valence-electron chi connectivity index (χ3n) is 5.49. The van der Waals surface area contributed by atoms with Crippen LogP contribution < -0.4 is 4.74 Å². The van der Waals surface area contributed by atoms with Crippen molar-refractivity contribution in [3.63, 3.8) is 0 Å². The SMILES string of the molecule is COc1cccc(C[C@@]2(C(=O)O)CN(C(=O)c3c(C)n[nH]c3C)CC[C@@H]2O)c1.O=CO. The van der Waals surface area contributed by atoms with E-state index in [0.717, 1.165) is 5.56 Å². The van der Waals surface area contributed by atoms with E-state index in [1.54, 1.807) is 38.1 Å². The van der Waals surface area contributed by atoms with Gasteiger partial charge in [0.05, 0.1) is 24.5 Å². The molecule has 1 aliphatic heterocycles. The number of carboxylic acid groups (broad SMARTS) is 2. The third kappa shape index (κ3) is 5.02. The fourth-order valence-electron chi connectivity index (χ4n) is 3.88. The van der Waals surface area contributed by atoms with Crippen molar-refractivity contribution in [3.05, 3.63) is 46.8 Å². The van der Waals surface area contributed by atoms with Crippen LogP contribution in [0.5, 0.6) is 5.75 Å². The molecule has 1 amide bonds. The topological polar surface area (TPSA) is 153 Å². The Morgan fingerprint density at radius 2 is 2.06 bits per heavy atom. The van der Waals surface area contributed by atoms with Gasteiger partial charge in [0, 0.05) is 18.8 Å². The number of amides is 1. The van der Waals surface area contributed by atoms with Crippen LogP contribution in [0.1, 0.15) is 33.7 Å². The number of methoxy groups -OCH3 is 1. The van der Waals surface area contributed by atoms with Gasteiger partial charge in [-0.25, -0.2) is 0 Å². The Bertz CT molecular complexity index is 923. The summed E-state index contributed by atoms with van der Waals surface area (Å²) in [6, 6.07) is 7.10. The first-order chi connectivity index (χ1) is 14.7. The van der Waals surface area contributed by atoms with Crippen LogP contribution in [-0.4, -0.2) is 75.1 Å². The lowest BCUT2D eigenvalue weighted by Gasteiger charge is -2.43. The number of rotatable bonds is 5. The van der Waals surface area contributed by atoms with Crippen molar-refractivity contribution in [2.45, 2.75) is 32.8 Å². The summed E-state index contributed by atoms with van der Waals surface area (Å²) >= 11 is 0. The second kappa shape index (κ2) is 10.1. The molecule has 0 aliphatic carbocycles. The Morgan fingerprint density at radius 3 is 2.61 bits per heavy atom. The molecule has 10 nitrogen and oxygen atoms in total. The lowest BCUT2D eigenvalue weighted by molar-refractivity contribution is -0.161. The molecule has 4 N–H and O–H groups in total. The number of benzene rings is 1. The molecule has 168 valence electrons. The summed E-state index contributed by atoms with van der Waals surface area (Å²) in [6.07, 6.45) is -0.780. The minimum Gasteiger partial charge on any atom is -0.497 e. The number of hydrogen-bond acceptors (Lipinski definition) is 6. The number of aromatic nitrogens is 2. The Labute approximate surface area is 179 Å². The molecule has 2 aromatic rings.